The highest BCUT2D eigenvalue weighted by Gasteiger charge is 2.36. The van der Waals surface area contributed by atoms with Gasteiger partial charge in [0.2, 0.25) is 11.8 Å². The Morgan fingerprint density at radius 3 is 2.85 bits per heavy atom. The van der Waals surface area contributed by atoms with Gasteiger partial charge in [0.1, 0.15) is 11.6 Å². The van der Waals surface area contributed by atoms with Crippen molar-refractivity contribution in [2.45, 2.75) is 38.5 Å². The molecule has 2 heterocycles. The minimum atomic E-state index is -0.812. The van der Waals surface area contributed by atoms with Crippen molar-refractivity contribution in [2.24, 2.45) is 5.92 Å². The number of halogens is 2. The van der Waals surface area contributed by atoms with Gasteiger partial charge < -0.3 is 10.2 Å². The third-order valence-corrected chi connectivity index (χ3v) is 6.09. The topological polar surface area (TPSA) is 62.3 Å². The zero-order chi connectivity index (χ0) is 19.0. The third-order valence-electron chi connectivity index (χ3n) is 5.02. The number of nitrogens with zero attached hydrogens (tertiary/aromatic N) is 2. The Balaban J connectivity index is 1.45. The monoisotopic (exact) mass is 391 g/mol. The van der Waals surface area contributed by atoms with Crippen LogP contribution in [0.15, 0.2) is 18.2 Å². The number of thiazole rings is 1. The molecule has 1 aromatic carbocycles. The predicted octanol–water partition coefficient (Wildman–Crippen LogP) is 3.68. The van der Waals surface area contributed by atoms with E-state index in [1.807, 2.05) is 0 Å². The van der Waals surface area contributed by atoms with Gasteiger partial charge in [0.15, 0.2) is 5.13 Å². The quantitative estimate of drug-likeness (QED) is 0.812. The number of nitrogens with one attached hydrogen (secondary N) is 1. The van der Waals surface area contributed by atoms with Crippen molar-refractivity contribution in [2.75, 3.05) is 16.8 Å². The second kappa shape index (κ2) is 7.34. The predicted molar refractivity (Wildman–Crippen MR) is 98.8 cm³/mol. The molecular weight excluding hydrogens is 372 g/mol. The Morgan fingerprint density at radius 1 is 1.22 bits per heavy atom. The van der Waals surface area contributed by atoms with E-state index in [4.69, 9.17) is 0 Å². The van der Waals surface area contributed by atoms with Gasteiger partial charge >= 0.3 is 0 Å². The Labute approximate surface area is 159 Å². The van der Waals surface area contributed by atoms with Crippen LogP contribution in [0.25, 0.3) is 0 Å². The van der Waals surface area contributed by atoms with Crippen LogP contribution in [0.5, 0.6) is 0 Å². The molecule has 2 aliphatic rings. The number of aryl methyl sites for hydroxylation is 2. The molecule has 8 heteroatoms. The first-order valence-corrected chi connectivity index (χ1v) is 9.88. The van der Waals surface area contributed by atoms with Crippen molar-refractivity contribution in [3.8, 4) is 0 Å². The molecule has 1 N–H and O–H groups in total. The minimum absolute atomic E-state index is 0.00216. The van der Waals surface area contributed by atoms with Crippen LogP contribution in [-0.2, 0) is 22.4 Å². The molecule has 1 aromatic heterocycles. The van der Waals surface area contributed by atoms with Crippen molar-refractivity contribution in [1.82, 2.24) is 4.98 Å². The van der Waals surface area contributed by atoms with E-state index in [0.29, 0.717) is 5.13 Å². The molecule has 0 spiro atoms. The lowest BCUT2D eigenvalue weighted by atomic mass is 10.1. The van der Waals surface area contributed by atoms with Crippen molar-refractivity contribution in [3.63, 3.8) is 0 Å². The van der Waals surface area contributed by atoms with E-state index < -0.39 is 17.6 Å². The summed E-state index contributed by atoms with van der Waals surface area (Å²) in [4.78, 5) is 31.8. The molecule has 1 atom stereocenters. The molecule has 0 saturated carbocycles. The first-order chi connectivity index (χ1) is 13.0. The fraction of sp³-hybridized carbons (Fsp3) is 0.421. The molecule has 27 heavy (non-hydrogen) atoms. The number of carbonyl (C=O) groups is 2. The standard InChI is InChI=1S/C19H19F2N3O2S/c20-12-6-7-15(13(21)9-12)24-10-11(8-17(24)25)18(26)23-19-22-14-4-2-1-3-5-16(14)27-19/h6-7,9,11H,1-5,8,10H2,(H,22,23,26). The zero-order valence-corrected chi connectivity index (χ0v) is 15.5. The molecule has 142 valence electrons. The number of fused-ring (bicyclic) bond motifs is 1. The Kier molecular flexibility index (Phi) is 4.90. The minimum Gasteiger partial charge on any atom is -0.309 e. The van der Waals surface area contributed by atoms with Gasteiger partial charge in [0.05, 0.1) is 17.3 Å². The van der Waals surface area contributed by atoms with Crippen molar-refractivity contribution >= 4 is 34.0 Å². The van der Waals surface area contributed by atoms with Gasteiger partial charge in [-0.05, 0) is 37.8 Å². The second-order valence-corrected chi connectivity index (χ2v) is 8.02. The molecule has 1 saturated heterocycles. The first-order valence-electron chi connectivity index (χ1n) is 9.06. The maximum absolute atomic E-state index is 14.0. The van der Waals surface area contributed by atoms with Crippen LogP contribution in [0.4, 0.5) is 19.6 Å². The highest BCUT2D eigenvalue weighted by atomic mass is 32.1. The maximum atomic E-state index is 14.0. The van der Waals surface area contributed by atoms with Crippen LogP contribution in [0.2, 0.25) is 0 Å². The molecule has 2 amide bonds. The van der Waals surface area contributed by atoms with Gasteiger partial charge in [0, 0.05) is 23.9 Å². The number of benzene rings is 1. The Hall–Kier alpha value is -2.35. The zero-order valence-electron chi connectivity index (χ0n) is 14.6. The highest BCUT2D eigenvalue weighted by molar-refractivity contribution is 7.15. The van der Waals surface area contributed by atoms with Crippen molar-refractivity contribution in [3.05, 3.63) is 40.4 Å². The SMILES string of the molecule is O=C(Nc1nc2c(s1)CCCCC2)C1CC(=O)N(c2ccc(F)cc2F)C1. The van der Waals surface area contributed by atoms with E-state index in [2.05, 4.69) is 10.3 Å². The molecule has 1 fully saturated rings. The Bertz CT molecular complexity index is 876. The fourth-order valence-corrected chi connectivity index (χ4v) is 4.66. The number of hydrogen-bond donors (Lipinski definition) is 1. The van der Waals surface area contributed by atoms with Crippen LogP contribution >= 0.6 is 11.3 Å². The number of anilines is 2. The van der Waals surface area contributed by atoms with E-state index >= 15 is 0 Å². The average Bonchev–Trinajstić information content (AvgIpc) is 3.11. The average molecular weight is 391 g/mol. The summed E-state index contributed by atoms with van der Waals surface area (Å²) < 4.78 is 27.1. The number of rotatable bonds is 3. The summed E-state index contributed by atoms with van der Waals surface area (Å²) in [6.45, 7) is 0.0678. The molecular formula is C19H19F2N3O2S. The lowest BCUT2D eigenvalue weighted by molar-refractivity contribution is -0.122. The lowest BCUT2D eigenvalue weighted by Gasteiger charge is -2.17. The molecule has 2 aromatic rings. The second-order valence-electron chi connectivity index (χ2n) is 6.94. The summed E-state index contributed by atoms with van der Waals surface area (Å²) >= 11 is 1.49. The van der Waals surface area contributed by atoms with Crippen LogP contribution in [-0.4, -0.2) is 23.3 Å². The fourth-order valence-electron chi connectivity index (χ4n) is 3.61. The van der Waals surface area contributed by atoms with Crippen LogP contribution in [0.3, 0.4) is 0 Å². The summed E-state index contributed by atoms with van der Waals surface area (Å²) in [5.41, 5.74) is 1.06. The van der Waals surface area contributed by atoms with Crippen LogP contribution < -0.4 is 10.2 Å². The summed E-state index contributed by atoms with van der Waals surface area (Å²) in [5.74, 6) is -2.76. The van der Waals surface area contributed by atoms with E-state index in [1.54, 1.807) is 0 Å². The van der Waals surface area contributed by atoms with Crippen molar-refractivity contribution < 1.29 is 18.4 Å². The normalized spacial score (nSPS) is 19.7. The van der Waals surface area contributed by atoms with Crippen LogP contribution in [0.1, 0.15) is 36.3 Å². The van der Waals surface area contributed by atoms with E-state index in [0.717, 1.165) is 43.5 Å². The Morgan fingerprint density at radius 2 is 2.04 bits per heavy atom. The highest BCUT2D eigenvalue weighted by Crippen LogP contribution is 2.31. The molecule has 5 nitrogen and oxygen atoms in total. The van der Waals surface area contributed by atoms with Gasteiger partial charge in [-0.25, -0.2) is 13.8 Å². The van der Waals surface area contributed by atoms with Gasteiger partial charge in [0.25, 0.3) is 0 Å². The summed E-state index contributed by atoms with van der Waals surface area (Å²) in [6, 6.07) is 3.06. The number of aromatic nitrogens is 1. The molecule has 4 rings (SSSR count). The summed E-state index contributed by atoms with van der Waals surface area (Å²) in [5, 5.41) is 3.37. The first kappa shape index (κ1) is 18.0. The summed E-state index contributed by atoms with van der Waals surface area (Å²) in [7, 11) is 0. The number of amides is 2. The maximum Gasteiger partial charge on any atom is 0.231 e. The summed E-state index contributed by atoms with van der Waals surface area (Å²) in [6.07, 6.45) is 5.36. The van der Waals surface area contributed by atoms with E-state index in [9.17, 15) is 18.4 Å². The molecule has 0 radical (unpaired) electrons. The van der Waals surface area contributed by atoms with Crippen LogP contribution in [0, 0.1) is 17.6 Å². The van der Waals surface area contributed by atoms with Gasteiger partial charge in [-0.2, -0.15) is 0 Å². The third kappa shape index (κ3) is 3.71. The largest absolute Gasteiger partial charge is 0.309 e. The van der Waals surface area contributed by atoms with Gasteiger partial charge in [-0.3, -0.25) is 9.59 Å². The number of carbonyl (C=O) groups excluding carboxylic acids is 2. The van der Waals surface area contributed by atoms with E-state index in [-0.39, 0.29) is 30.5 Å². The number of hydrogen-bond acceptors (Lipinski definition) is 4. The van der Waals surface area contributed by atoms with Gasteiger partial charge in [-0.15, -0.1) is 11.3 Å². The molecule has 1 aliphatic heterocycles. The lowest BCUT2D eigenvalue weighted by Crippen LogP contribution is -2.28. The smallest absolute Gasteiger partial charge is 0.231 e. The molecule has 1 unspecified atom stereocenters. The van der Waals surface area contributed by atoms with Crippen molar-refractivity contribution in [1.29, 1.82) is 0 Å². The van der Waals surface area contributed by atoms with Gasteiger partial charge in [-0.1, -0.05) is 6.42 Å². The van der Waals surface area contributed by atoms with E-state index in [1.165, 1.54) is 33.6 Å². The molecule has 1 aliphatic carbocycles. The molecule has 0 bridgehead atoms.